The summed E-state index contributed by atoms with van der Waals surface area (Å²) >= 11 is 0. The topological polar surface area (TPSA) is 21.3 Å². The van der Waals surface area contributed by atoms with Gasteiger partial charge in [-0.25, -0.2) is 8.78 Å². The molecule has 0 aliphatic carbocycles. The molecule has 0 radical (unpaired) electrons. The fraction of sp³-hybridized carbons (Fsp3) is 0.500. The lowest BCUT2D eigenvalue weighted by Gasteiger charge is -2.16. The minimum atomic E-state index is -2.45. The van der Waals surface area contributed by atoms with Crippen molar-refractivity contribution in [2.75, 3.05) is 11.9 Å². The number of nitrogens with one attached hydrogen (secondary N) is 1. The molecule has 0 aliphatic rings. The molecule has 0 aliphatic heterocycles. The lowest BCUT2D eigenvalue weighted by molar-refractivity contribution is 0.0822. The van der Waals surface area contributed by atoms with Crippen LogP contribution in [0, 0.1) is 0 Å². The standard InChI is InChI=1S/C12H17F2NO/c1-3-9(2)15-10-6-4-5-7-11(10)16-8-12(13)14/h4-7,9,12,15H,3,8H2,1-2H3. The highest BCUT2D eigenvalue weighted by atomic mass is 19.3. The molecule has 0 saturated heterocycles. The third kappa shape index (κ3) is 4.04. The molecule has 0 spiro atoms. The molecule has 0 fully saturated rings. The zero-order valence-corrected chi connectivity index (χ0v) is 9.54. The Balaban J connectivity index is 2.67. The lowest BCUT2D eigenvalue weighted by atomic mass is 10.2. The van der Waals surface area contributed by atoms with Crippen molar-refractivity contribution >= 4 is 5.69 Å². The van der Waals surface area contributed by atoms with E-state index in [0.717, 1.165) is 12.1 Å². The van der Waals surface area contributed by atoms with Crippen molar-refractivity contribution in [2.45, 2.75) is 32.7 Å². The molecule has 2 nitrogen and oxygen atoms in total. The van der Waals surface area contributed by atoms with Gasteiger partial charge in [0.15, 0.2) is 0 Å². The van der Waals surface area contributed by atoms with Crippen LogP contribution in [0.1, 0.15) is 20.3 Å². The Morgan fingerprint density at radius 2 is 2.00 bits per heavy atom. The maximum Gasteiger partial charge on any atom is 0.272 e. The van der Waals surface area contributed by atoms with E-state index in [4.69, 9.17) is 4.74 Å². The molecule has 4 heteroatoms. The molecule has 0 saturated carbocycles. The lowest BCUT2D eigenvalue weighted by Crippen LogP contribution is -2.15. The predicted molar refractivity (Wildman–Crippen MR) is 61.3 cm³/mol. The van der Waals surface area contributed by atoms with Crippen molar-refractivity contribution in [3.63, 3.8) is 0 Å². The van der Waals surface area contributed by atoms with Crippen LogP contribution in [0.25, 0.3) is 0 Å². The molecular weight excluding hydrogens is 212 g/mol. The third-order valence-corrected chi connectivity index (χ3v) is 2.27. The van der Waals surface area contributed by atoms with Gasteiger partial charge in [0.2, 0.25) is 0 Å². The van der Waals surface area contributed by atoms with E-state index in [1.54, 1.807) is 12.1 Å². The van der Waals surface area contributed by atoms with Crippen LogP contribution in [-0.2, 0) is 0 Å². The fourth-order valence-electron chi connectivity index (χ4n) is 1.23. The average Bonchev–Trinajstić information content (AvgIpc) is 2.27. The minimum absolute atomic E-state index is 0.288. The Bertz CT molecular complexity index is 318. The van der Waals surface area contributed by atoms with Crippen molar-refractivity contribution in [3.8, 4) is 5.75 Å². The summed E-state index contributed by atoms with van der Waals surface area (Å²) in [4.78, 5) is 0. The number of para-hydroxylation sites is 2. The van der Waals surface area contributed by atoms with Crippen molar-refractivity contribution < 1.29 is 13.5 Å². The van der Waals surface area contributed by atoms with E-state index in [2.05, 4.69) is 12.2 Å². The second-order valence-electron chi connectivity index (χ2n) is 3.65. The smallest absolute Gasteiger partial charge is 0.272 e. The van der Waals surface area contributed by atoms with Crippen LogP contribution >= 0.6 is 0 Å². The van der Waals surface area contributed by atoms with Crippen molar-refractivity contribution in [2.24, 2.45) is 0 Å². The highest BCUT2D eigenvalue weighted by molar-refractivity contribution is 5.56. The highest BCUT2D eigenvalue weighted by Crippen LogP contribution is 2.25. The van der Waals surface area contributed by atoms with Gasteiger partial charge in [0.05, 0.1) is 5.69 Å². The average molecular weight is 229 g/mol. The second-order valence-corrected chi connectivity index (χ2v) is 3.65. The van der Waals surface area contributed by atoms with Gasteiger partial charge in [0.1, 0.15) is 12.4 Å². The zero-order valence-electron chi connectivity index (χ0n) is 9.54. The molecule has 1 aromatic rings. The van der Waals surface area contributed by atoms with Gasteiger partial charge in [0, 0.05) is 6.04 Å². The van der Waals surface area contributed by atoms with Gasteiger partial charge in [0.25, 0.3) is 6.43 Å². The Labute approximate surface area is 94.6 Å². The molecular formula is C12H17F2NO. The molecule has 0 aromatic heterocycles. The monoisotopic (exact) mass is 229 g/mol. The maximum absolute atomic E-state index is 12.0. The molecule has 90 valence electrons. The van der Waals surface area contributed by atoms with E-state index >= 15 is 0 Å². The first-order chi connectivity index (χ1) is 7.63. The molecule has 1 aromatic carbocycles. The van der Waals surface area contributed by atoms with Crippen LogP contribution in [0.2, 0.25) is 0 Å². The van der Waals surface area contributed by atoms with Crippen LogP contribution < -0.4 is 10.1 Å². The Kier molecular flexibility index (Phi) is 5.02. The number of benzene rings is 1. The summed E-state index contributed by atoms with van der Waals surface area (Å²) in [5.74, 6) is 0.475. The van der Waals surface area contributed by atoms with E-state index in [1.807, 2.05) is 19.1 Å². The fourth-order valence-corrected chi connectivity index (χ4v) is 1.23. The van der Waals surface area contributed by atoms with Crippen molar-refractivity contribution in [1.82, 2.24) is 0 Å². The van der Waals surface area contributed by atoms with Crippen LogP contribution in [0.15, 0.2) is 24.3 Å². The number of hydrogen-bond donors (Lipinski definition) is 1. The number of alkyl halides is 2. The summed E-state index contributed by atoms with van der Waals surface area (Å²) in [7, 11) is 0. The summed E-state index contributed by atoms with van der Waals surface area (Å²) in [5.41, 5.74) is 0.762. The second kappa shape index (κ2) is 6.30. The number of hydrogen-bond acceptors (Lipinski definition) is 2. The molecule has 1 unspecified atom stereocenters. The normalized spacial score (nSPS) is 12.6. The minimum Gasteiger partial charge on any atom is -0.485 e. The molecule has 1 atom stereocenters. The van der Waals surface area contributed by atoms with E-state index in [-0.39, 0.29) is 6.04 Å². The van der Waals surface area contributed by atoms with Gasteiger partial charge >= 0.3 is 0 Å². The van der Waals surface area contributed by atoms with Gasteiger partial charge < -0.3 is 10.1 Å². The van der Waals surface area contributed by atoms with Crippen molar-refractivity contribution in [3.05, 3.63) is 24.3 Å². The predicted octanol–water partition coefficient (Wildman–Crippen LogP) is 3.54. The van der Waals surface area contributed by atoms with Gasteiger partial charge in [-0.15, -0.1) is 0 Å². The molecule has 1 rings (SSSR count). The molecule has 0 bridgehead atoms. The Morgan fingerprint density at radius 1 is 1.31 bits per heavy atom. The van der Waals surface area contributed by atoms with Crippen molar-refractivity contribution in [1.29, 1.82) is 0 Å². The summed E-state index contributed by atoms with van der Waals surface area (Å²) in [6.45, 7) is 3.52. The number of halogens is 2. The van der Waals surface area contributed by atoms with E-state index in [1.165, 1.54) is 0 Å². The first kappa shape index (κ1) is 12.7. The Morgan fingerprint density at radius 3 is 2.62 bits per heavy atom. The van der Waals surface area contributed by atoms with Crippen LogP contribution in [-0.4, -0.2) is 19.1 Å². The number of anilines is 1. The Hall–Kier alpha value is -1.32. The van der Waals surface area contributed by atoms with Crippen LogP contribution in [0.5, 0.6) is 5.75 Å². The van der Waals surface area contributed by atoms with E-state index in [9.17, 15) is 8.78 Å². The SMILES string of the molecule is CCC(C)Nc1ccccc1OCC(F)F. The molecule has 0 heterocycles. The summed E-state index contributed by atoms with van der Waals surface area (Å²) in [6.07, 6.45) is -1.49. The van der Waals surface area contributed by atoms with Gasteiger partial charge in [-0.3, -0.25) is 0 Å². The first-order valence-corrected chi connectivity index (χ1v) is 5.40. The van der Waals surface area contributed by atoms with E-state index < -0.39 is 13.0 Å². The van der Waals surface area contributed by atoms with Gasteiger partial charge in [-0.05, 0) is 25.5 Å². The largest absolute Gasteiger partial charge is 0.485 e. The molecule has 16 heavy (non-hydrogen) atoms. The molecule has 1 N–H and O–H groups in total. The zero-order chi connectivity index (χ0) is 12.0. The first-order valence-electron chi connectivity index (χ1n) is 5.40. The third-order valence-electron chi connectivity index (χ3n) is 2.27. The maximum atomic E-state index is 12.0. The number of rotatable bonds is 6. The summed E-state index contributed by atoms with van der Waals surface area (Å²) in [6, 6.07) is 7.42. The summed E-state index contributed by atoms with van der Waals surface area (Å²) in [5, 5.41) is 3.21. The summed E-state index contributed by atoms with van der Waals surface area (Å²) < 4.78 is 29.1. The van der Waals surface area contributed by atoms with Crippen LogP contribution in [0.3, 0.4) is 0 Å². The van der Waals surface area contributed by atoms with Gasteiger partial charge in [-0.2, -0.15) is 0 Å². The van der Waals surface area contributed by atoms with Crippen LogP contribution in [0.4, 0.5) is 14.5 Å². The quantitative estimate of drug-likeness (QED) is 0.805. The number of ether oxygens (including phenoxy) is 1. The molecule has 0 amide bonds. The highest BCUT2D eigenvalue weighted by Gasteiger charge is 2.08. The van der Waals surface area contributed by atoms with E-state index in [0.29, 0.717) is 5.75 Å². The van der Waals surface area contributed by atoms with Gasteiger partial charge in [-0.1, -0.05) is 19.1 Å².